The maximum Gasteiger partial charge on any atom is 0.416 e. The van der Waals surface area contributed by atoms with Gasteiger partial charge in [0, 0.05) is 37.6 Å². The van der Waals surface area contributed by atoms with Crippen molar-refractivity contribution in [3.05, 3.63) is 60.2 Å². The molecular formula is C17H17F3N2. The van der Waals surface area contributed by atoms with Crippen molar-refractivity contribution < 1.29 is 13.2 Å². The molecule has 0 aliphatic carbocycles. The number of nitrogens with zero attached hydrogens (tertiary/aromatic N) is 2. The van der Waals surface area contributed by atoms with Gasteiger partial charge >= 0.3 is 6.18 Å². The average molecular weight is 306 g/mol. The molecule has 1 heterocycles. The van der Waals surface area contributed by atoms with E-state index in [-0.39, 0.29) is 0 Å². The molecule has 22 heavy (non-hydrogen) atoms. The Bertz CT molecular complexity index is 600. The van der Waals surface area contributed by atoms with Crippen molar-refractivity contribution in [2.75, 3.05) is 36.0 Å². The fraction of sp³-hybridized carbons (Fsp3) is 0.294. The molecule has 0 radical (unpaired) electrons. The Morgan fingerprint density at radius 3 is 1.55 bits per heavy atom. The third-order valence-corrected chi connectivity index (χ3v) is 3.96. The van der Waals surface area contributed by atoms with Crippen LogP contribution < -0.4 is 9.80 Å². The van der Waals surface area contributed by atoms with E-state index in [1.165, 1.54) is 5.69 Å². The summed E-state index contributed by atoms with van der Waals surface area (Å²) in [6, 6.07) is 15.6. The van der Waals surface area contributed by atoms with E-state index in [1.54, 1.807) is 12.1 Å². The Kier molecular flexibility index (Phi) is 3.96. The first-order chi connectivity index (χ1) is 10.5. The first-order valence-corrected chi connectivity index (χ1v) is 7.26. The van der Waals surface area contributed by atoms with E-state index in [1.807, 2.05) is 18.2 Å². The summed E-state index contributed by atoms with van der Waals surface area (Å²) in [5.74, 6) is 0. The van der Waals surface area contributed by atoms with Gasteiger partial charge in [0.15, 0.2) is 0 Å². The van der Waals surface area contributed by atoms with Crippen molar-refractivity contribution in [3.8, 4) is 0 Å². The quantitative estimate of drug-likeness (QED) is 0.826. The molecule has 5 heteroatoms. The SMILES string of the molecule is FC(F)(F)c1ccc(N2CCN(c3ccccc3)CC2)cc1. The Morgan fingerprint density at radius 2 is 1.09 bits per heavy atom. The highest BCUT2D eigenvalue weighted by Crippen LogP contribution is 2.30. The highest BCUT2D eigenvalue weighted by Gasteiger charge is 2.30. The fourth-order valence-corrected chi connectivity index (χ4v) is 2.72. The van der Waals surface area contributed by atoms with E-state index >= 15 is 0 Å². The summed E-state index contributed by atoms with van der Waals surface area (Å²) in [5.41, 5.74) is 1.44. The van der Waals surface area contributed by atoms with Gasteiger partial charge in [-0.1, -0.05) is 18.2 Å². The third-order valence-electron chi connectivity index (χ3n) is 3.96. The molecule has 0 spiro atoms. The number of alkyl halides is 3. The van der Waals surface area contributed by atoms with Gasteiger partial charge < -0.3 is 9.80 Å². The minimum absolute atomic E-state index is 0.598. The Balaban J connectivity index is 1.64. The van der Waals surface area contributed by atoms with E-state index < -0.39 is 11.7 Å². The molecule has 0 aromatic heterocycles. The van der Waals surface area contributed by atoms with Gasteiger partial charge in [-0.15, -0.1) is 0 Å². The highest BCUT2D eigenvalue weighted by molar-refractivity contribution is 5.52. The Labute approximate surface area is 127 Å². The lowest BCUT2D eigenvalue weighted by Gasteiger charge is -2.37. The average Bonchev–Trinajstić information content (AvgIpc) is 2.55. The van der Waals surface area contributed by atoms with Crippen LogP contribution in [0, 0.1) is 0 Å². The van der Waals surface area contributed by atoms with E-state index in [9.17, 15) is 13.2 Å². The van der Waals surface area contributed by atoms with Crippen molar-refractivity contribution in [2.45, 2.75) is 6.18 Å². The monoisotopic (exact) mass is 306 g/mol. The second-order valence-corrected chi connectivity index (χ2v) is 5.35. The van der Waals surface area contributed by atoms with Crippen LogP contribution >= 0.6 is 0 Å². The molecule has 1 fully saturated rings. The molecule has 0 saturated carbocycles. The van der Waals surface area contributed by atoms with Crippen molar-refractivity contribution >= 4 is 11.4 Å². The first-order valence-electron chi connectivity index (χ1n) is 7.26. The number of para-hydroxylation sites is 1. The molecule has 3 rings (SSSR count). The summed E-state index contributed by atoms with van der Waals surface area (Å²) >= 11 is 0. The predicted octanol–water partition coefficient (Wildman–Crippen LogP) is 4.03. The summed E-state index contributed by atoms with van der Waals surface area (Å²) < 4.78 is 37.7. The number of anilines is 2. The molecule has 2 nitrogen and oxygen atoms in total. The lowest BCUT2D eigenvalue weighted by molar-refractivity contribution is -0.137. The minimum atomic E-state index is -4.27. The largest absolute Gasteiger partial charge is 0.416 e. The number of rotatable bonds is 2. The number of piperazine rings is 1. The van der Waals surface area contributed by atoms with Gasteiger partial charge in [-0.2, -0.15) is 13.2 Å². The van der Waals surface area contributed by atoms with Gasteiger partial charge in [0.1, 0.15) is 0 Å². The van der Waals surface area contributed by atoms with Gasteiger partial charge in [0.2, 0.25) is 0 Å². The van der Waals surface area contributed by atoms with E-state index in [4.69, 9.17) is 0 Å². The minimum Gasteiger partial charge on any atom is -0.368 e. The molecule has 0 unspecified atom stereocenters. The number of hydrogen-bond acceptors (Lipinski definition) is 2. The molecule has 0 amide bonds. The van der Waals surface area contributed by atoms with Crippen LogP contribution in [0.15, 0.2) is 54.6 Å². The van der Waals surface area contributed by atoms with Gasteiger partial charge in [-0.05, 0) is 36.4 Å². The zero-order valence-electron chi connectivity index (χ0n) is 12.1. The van der Waals surface area contributed by atoms with Crippen molar-refractivity contribution in [1.29, 1.82) is 0 Å². The molecule has 0 N–H and O–H groups in total. The zero-order valence-corrected chi connectivity index (χ0v) is 12.1. The lowest BCUT2D eigenvalue weighted by atomic mass is 10.1. The smallest absolute Gasteiger partial charge is 0.368 e. The molecule has 1 aliphatic rings. The second-order valence-electron chi connectivity index (χ2n) is 5.35. The molecule has 1 saturated heterocycles. The van der Waals surface area contributed by atoms with E-state index in [0.29, 0.717) is 0 Å². The fourth-order valence-electron chi connectivity index (χ4n) is 2.72. The van der Waals surface area contributed by atoms with E-state index in [2.05, 4.69) is 21.9 Å². The van der Waals surface area contributed by atoms with Crippen molar-refractivity contribution in [3.63, 3.8) is 0 Å². The van der Waals surface area contributed by atoms with Crippen LogP contribution in [-0.2, 0) is 6.18 Å². The maximum absolute atomic E-state index is 12.6. The number of benzene rings is 2. The van der Waals surface area contributed by atoms with Gasteiger partial charge in [-0.3, -0.25) is 0 Å². The van der Waals surface area contributed by atoms with Crippen LogP contribution in [0.5, 0.6) is 0 Å². The molecule has 116 valence electrons. The summed E-state index contributed by atoms with van der Waals surface area (Å²) in [7, 11) is 0. The summed E-state index contributed by atoms with van der Waals surface area (Å²) in [5, 5.41) is 0. The number of halogens is 3. The van der Waals surface area contributed by atoms with Crippen LogP contribution in [-0.4, -0.2) is 26.2 Å². The van der Waals surface area contributed by atoms with Gasteiger partial charge in [-0.25, -0.2) is 0 Å². The second kappa shape index (κ2) is 5.91. The van der Waals surface area contributed by atoms with Crippen LogP contribution in [0.2, 0.25) is 0 Å². The summed E-state index contributed by atoms with van der Waals surface area (Å²) in [6.45, 7) is 3.34. The molecule has 0 atom stereocenters. The predicted molar refractivity (Wildman–Crippen MR) is 82.3 cm³/mol. The van der Waals surface area contributed by atoms with Gasteiger partial charge in [0.25, 0.3) is 0 Å². The summed E-state index contributed by atoms with van der Waals surface area (Å²) in [4.78, 5) is 4.42. The van der Waals surface area contributed by atoms with Crippen molar-refractivity contribution in [2.24, 2.45) is 0 Å². The van der Waals surface area contributed by atoms with Crippen LogP contribution in [0.1, 0.15) is 5.56 Å². The Hall–Kier alpha value is -2.17. The molecule has 0 bridgehead atoms. The van der Waals surface area contributed by atoms with E-state index in [0.717, 1.165) is 44.0 Å². The topological polar surface area (TPSA) is 6.48 Å². The van der Waals surface area contributed by atoms with Crippen LogP contribution in [0.25, 0.3) is 0 Å². The lowest BCUT2D eigenvalue weighted by Crippen LogP contribution is -2.46. The zero-order chi connectivity index (χ0) is 15.6. The Morgan fingerprint density at radius 1 is 0.636 bits per heavy atom. The molecule has 2 aromatic rings. The maximum atomic E-state index is 12.6. The van der Waals surface area contributed by atoms with Crippen molar-refractivity contribution in [1.82, 2.24) is 0 Å². The number of hydrogen-bond donors (Lipinski definition) is 0. The first kappa shape index (κ1) is 14.8. The third kappa shape index (κ3) is 3.18. The van der Waals surface area contributed by atoms with Crippen LogP contribution in [0.3, 0.4) is 0 Å². The normalized spacial score (nSPS) is 16.0. The highest BCUT2D eigenvalue weighted by atomic mass is 19.4. The molecule has 1 aliphatic heterocycles. The molecule has 2 aromatic carbocycles. The van der Waals surface area contributed by atoms with Crippen LogP contribution in [0.4, 0.5) is 24.5 Å². The molecular weight excluding hydrogens is 289 g/mol. The van der Waals surface area contributed by atoms with Gasteiger partial charge in [0.05, 0.1) is 5.56 Å². The summed E-state index contributed by atoms with van der Waals surface area (Å²) in [6.07, 6.45) is -4.27. The standard InChI is InChI=1S/C17H17F3N2/c18-17(19,20)14-6-8-16(9-7-14)22-12-10-21(11-13-22)15-4-2-1-3-5-15/h1-9H,10-13H2.